The maximum absolute atomic E-state index is 9.18. The van der Waals surface area contributed by atoms with Gasteiger partial charge in [-0.2, -0.15) is 5.26 Å². The Morgan fingerprint density at radius 2 is 1.84 bits per heavy atom. The van der Waals surface area contributed by atoms with Crippen LogP contribution in [0.2, 0.25) is 5.02 Å². The van der Waals surface area contributed by atoms with E-state index in [0.717, 1.165) is 16.7 Å². The average Bonchev–Trinajstić information content (AvgIpc) is 2.43. The van der Waals surface area contributed by atoms with Gasteiger partial charge in [-0.15, -0.1) is 0 Å². The van der Waals surface area contributed by atoms with Gasteiger partial charge in [0, 0.05) is 39.7 Å². The highest BCUT2D eigenvalue weighted by molar-refractivity contribution is 6.32. The number of nitrogens with zero attached hydrogens (tertiary/aromatic N) is 3. The van der Waals surface area contributed by atoms with Crippen LogP contribution in [0.3, 0.4) is 0 Å². The Morgan fingerprint density at radius 3 is 2.42 bits per heavy atom. The summed E-state index contributed by atoms with van der Waals surface area (Å²) in [6.45, 7) is 3.58. The highest BCUT2D eigenvalue weighted by atomic mass is 35.5. The van der Waals surface area contributed by atoms with Crippen molar-refractivity contribution in [3.05, 3.63) is 64.2 Å². The molecule has 0 unspecified atom stereocenters. The number of aromatic nitrogens is 2. The van der Waals surface area contributed by atoms with Crippen LogP contribution in [0.4, 0.5) is 0 Å². The van der Waals surface area contributed by atoms with Gasteiger partial charge in [-0.05, 0) is 19.9 Å². The van der Waals surface area contributed by atoms with Crippen molar-refractivity contribution in [2.45, 2.75) is 13.8 Å². The second-order valence-corrected chi connectivity index (χ2v) is 4.52. The Kier molecular flexibility index (Phi) is 3.94. The molecule has 0 atom stereocenters. The number of halogens is 1. The topological polar surface area (TPSA) is 49.6 Å². The lowest BCUT2D eigenvalue weighted by Crippen LogP contribution is -1.96. The molecule has 19 heavy (non-hydrogen) atoms. The molecule has 0 aliphatic heterocycles. The van der Waals surface area contributed by atoms with Gasteiger partial charge in [0.05, 0.1) is 6.07 Å². The summed E-state index contributed by atoms with van der Waals surface area (Å²) in [6, 6.07) is 9.61. The van der Waals surface area contributed by atoms with E-state index in [2.05, 4.69) is 16.0 Å². The minimum absolute atomic E-state index is 0.584. The molecule has 0 bridgehead atoms. The normalized spacial score (nSPS) is 11.7. The van der Waals surface area contributed by atoms with Crippen LogP contribution in [0.25, 0.3) is 5.57 Å². The largest absolute Gasteiger partial charge is 0.241 e. The predicted molar refractivity (Wildman–Crippen MR) is 75.5 cm³/mol. The summed E-state index contributed by atoms with van der Waals surface area (Å²) < 4.78 is 0. The van der Waals surface area contributed by atoms with Crippen LogP contribution < -0.4 is 0 Å². The molecule has 0 saturated carbocycles. The maximum Gasteiger partial charge on any atom is 0.125 e. The summed E-state index contributed by atoms with van der Waals surface area (Å²) in [7, 11) is 0. The van der Waals surface area contributed by atoms with E-state index in [4.69, 9.17) is 11.6 Å². The number of allylic oxidation sites excluding steroid dienone is 1. The fourth-order valence-electron chi connectivity index (χ4n) is 1.82. The SMILES string of the molecule is CC(C#N)=C(c1cnc(C)nc1)c1ccccc1Cl. The van der Waals surface area contributed by atoms with E-state index < -0.39 is 0 Å². The molecule has 1 aromatic carbocycles. The molecule has 2 aromatic rings. The van der Waals surface area contributed by atoms with Crippen LogP contribution in [0.5, 0.6) is 0 Å². The van der Waals surface area contributed by atoms with Gasteiger partial charge in [0.2, 0.25) is 0 Å². The van der Waals surface area contributed by atoms with Crippen LogP contribution in [-0.4, -0.2) is 9.97 Å². The Bertz CT molecular complexity index is 667. The summed E-state index contributed by atoms with van der Waals surface area (Å²) in [5, 5.41) is 9.79. The summed E-state index contributed by atoms with van der Waals surface area (Å²) in [5.74, 6) is 0.692. The molecular formula is C15H12ClN3. The summed E-state index contributed by atoms with van der Waals surface area (Å²) in [5.41, 5.74) is 2.96. The molecule has 1 aromatic heterocycles. The number of nitriles is 1. The van der Waals surface area contributed by atoms with Crippen molar-refractivity contribution in [3.8, 4) is 6.07 Å². The molecule has 0 amide bonds. The van der Waals surface area contributed by atoms with E-state index in [1.54, 1.807) is 25.4 Å². The lowest BCUT2D eigenvalue weighted by molar-refractivity contribution is 1.04. The maximum atomic E-state index is 9.18. The molecule has 0 N–H and O–H groups in total. The fraction of sp³-hybridized carbons (Fsp3) is 0.133. The summed E-state index contributed by atoms with van der Waals surface area (Å²) in [4.78, 5) is 8.35. The van der Waals surface area contributed by atoms with E-state index in [9.17, 15) is 5.26 Å². The molecule has 2 rings (SSSR count). The minimum Gasteiger partial charge on any atom is -0.241 e. The number of aryl methyl sites for hydroxylation is 1. The molecular weight excluding hydrogens is 258 g/mol. The number of benzene rings is 1. The lowest BCUT2D eigenvalue weighted by atomic mass is 9.96. The van der Waals surface area contributed by atoms with E-state index >= 15 is 0 Å². The quantitative estimate of drug-likeness (QED) is 0.780. The Hall–Kier alpha value is -2.18. The van der Waals surface area contributed by atoms with Crippen LogP contribution in [-0.2, 0) is 0 Å². The van der Waals surface area contributed by atoms with Crippen LogP contribution in [0.1, 0.15) is 23.9 Å². The Morgan fingerprint density at radius 1 is 1.21 bits per heavy atom. The van der Waals surface area contributed by atoms with Gasteiger partial charge in [-0.3, -0.25) is 0 Å². The number of rotatable bonds is 2. The highest BCUT2D eigenvalue weighted by Crippen LogP contribution is 2.31. The van der Waals surface area contributed by atoms with Gasteiger partial charge >= 0.3 is 0 Å². The second-order valence-electron chi connectivity index (χ2n) is 4.11. The van der Waals surface area contributed by atoms with Crippen LogP contribution in [0, 0.1) is 18.3 Å². The van der Waals surface area contributed by atoms with Gasteiger partial charge in [0.15, 0.2) is 0 Å². The van der Waals surface area contributed by atoms with E-state index in [-0.39, 0.29) is 0 Å². The molecule has 0 aliphatic rings. The molecule has 3 nitrogen and oxygen atoms in total. The molecule has 0 radical (unpaired) electrons. The van der Waals surface area contributed by atoms with E-state index in [1.807, 2.05) is 25.1 Å². The summed E-state index contributed by atoms with van der Waals surface area (Å²) >= 11 is 6.22. The number of hydrogen-bond donors (Lipinski definition) is 0. The molecule has 94 valence electrons. The molecule has 0 saturated heterocycles. The Labute approximate surface area is 117 Å². The third-order valence-corrected chi connectivity index (χ3v) is 3.09. The molecule has 0 spiro atoms. The van der Waals surface area contributed by atoms with Crippen LogP contribution in [0.15, 0.2) is 42.2 Å². The van der Waals surface area contributed by atoms with Crippen molar-refractivity contribution >= 4 is 17.2 Å². The Balaban J connectivity index is 2.66. The number of hydrogen-bond acceptors (Lipinski definition) is 3. The molecule has 0 fully saturated rings. The second kappa shape index (κ2) is 5.64. The van der Waals surface area contributed by atoms with Gasteiger partial charge in [-0.25, -0.2) is 9.97 Å². The first-order valence-corrected chi connectivity index (χ1v) is 6.16. The van der Waals surface area contributed by atoms with Crippen molar-refractivity contribution in [1.29, 1.82) is 5.26 Å². The van der Waals surface area contributed by atoms with Crippen molar-refractivity contribution in [2.75, 3.05) is 0 Å². The molecule has 4 heteroatoms. The van der Waals surface area contributed by atoms with Gasteiger partial charge in [0.25, 0.3) is 0 Å². The smallest absolute Gasteiger partial charge is 0.125 e. The van der Waals surface area contributed by atoms with Crippen molar-refractivity contribution in [1.82, 2.24) is 9.97 Å². The molecule has 1 heterocycles. The standard InChI is InChI=1S/C15H12ClN3/c1-10(7-17)15(12-8-18-11(2)19-9-12)13-5-3-4-6-14(13)16/h3-6,8-9H,1-2H3. The van der Waals surface area contributed by atoms with E-state index in [0.29, 0.717) is 16.4 Å². The van der Waals surface area contributed by atoms with Gasteiger partial charge < -0.3 is 0 Å². The molecule has 0 aliphatic carbocycles. The third-order valence-electron chi connectivity index (χ3n) is 2.76. The van der Waals surface area contributed by atoms with Gasteiger partial charge in [0.1, 0.15) is 5.82 Å². The van der Waals surface area contributed by atoms with Crippen LogP contribution >= 0.6 is 11.6 Å². The zero-order valence-electron chi connectivity index (χ0n) is 10.7. The zero-order valence-corrected chi connectivity index (χ0v) is 11.4. The highest BCUT2D eigenvalue weighted by Gasteiger charge is 2.12. The first kappa shape index (κ1) is 13.3. The summed E-state index contributed by atoms with van der Waals surface area (Å²) in [6.07, 6.45) is 3.42. The van der Waals surface area contributed by atoms with Crippen molar-refractivity contribution < 1.29 is 0 Å². The first-order valence-electron chi connectivity index (χ1n) is 5.78. The fourth-order valence-corrected chi connectivity index (χ4v) is 2.05. The monoisotopic (exact) mass is 269 g/mol. The minimum atomic E-state index is 0.584. The van der Waals surface area contributed by atoms with E-state index in [1.165, 1.54) is 0 Å². The first-order chi connectivity index (χ1) is 9.13. The zero-order chi connectivity index (χ0) is 13.8. The van der Waals surface area contributed by atoms with Crippen molar-refractivity contribution in [3.63, 3.8) is 0 Å². The average molecular weight is 270 g/mol. The predicted octanol–water partition coefficient (Wildman–Crippen LogP) is 3.78. The van der Waals surface area contributed by atoms with Crippen molar-refractivity contribution in [2.24, 2.45) is 0 Å². The lowest BCUT2D eigenvalue weighted by Gasteiger charge is -2.10. The third kappa shape index (κ3) is 2.81. The van der Waals surface area contributed by atoms with Gasteiger partial charge in [-0.1, -0.05) is 29.8 Å².